The molecule has 4 aromatic rings. The van der Waals surface area contributed by atoms with Crippen molar-refractivity contribution in [2.45, 2.75) is 32.2 Å². The van der Waals surface area contributed by atoms with Gasteiger partial charge >= 0.3 is 0 Å². The summed E-state index contributed by atoms with van der Waals surface area (Å²) in [6, 6.07) is 20.5. The summed E-state index contributed by atoms with van der Waals surface area (Å²) in [5.41, 5.74) is 5.82. The van der Waals surface area contributed by atoms with Gasteiger partial charge in [-0.05, 0) is 40.8 Å². The number of H-pyrrole nitrogens is 1. The lowest BCUT2D eigenvalue weighted by molar-refractivity contribution is -0.121. The van der Waals surface area contributed by atoms with Crippen molar-refractivity contribution in [1.82, 2.24) is 15.3 Å². The molecular weight excluding hydrogens is 358 g/mol. The first-order chi connectivity index (χ1) is 14.3. The number of pyridine rings is 1. The van der Waals surface area contributed by atoms with Gasteiger partial charge in [-0.25, -0.2) is 0 Å². The molecule has 1 unspecified atom stereocenters. The van der Waals surface area contributed by atoms with Gasteiger partial charge in [0.1, 0.15) is 0 Å². The molecule has 0 saturated carbocycles. The van der Waals surface area contributed by atoms with Crippen LogP contribution >= 0.6 is 0 Å². The molecule has 4 heteroatoms. The minimum absolute atomic E-state index is 0.00510. The molecule has 29 heavy (non-hydrogen) atoms. The normalized spacial score (nSPS) is 12.0. The number of rotatable bonds is 7. The number of benzene rings is 2. The van der Waals surface area contributed by atoms with Crippen LogP contribution in [0.15, 0.2) is 79.3 Å². The molecule has 1 atom stereocenters. The lowest BCUT2D eigenvalue weighted by Gasteiger charge is -2.17. The third kappa shape index (κ3) is 4.21. The van der Waals surface area contributed by atoms with Crippen LogP contribution in [-0.4, -0.2) is 15.9 Å². The van der Waals surface area contributed by atoms with Gasteiger partial charge in [0.05, 0.1) is 0 Å². The third-order valence-electron chi connectivity index (χ3n) is 5.42. The fourth-order valence-electron chi connectivity index (χ4n) is 3.87. The number of hydrogen-bond acceptors (Lipinski definition) is 2. The van der Waals surface area contributed by atoms with Crippen molar-refractivity contribution >= 4 is 16.8 Å². The Balaban J connectivity index is 1.62. The molecule has 0 aliphatic carbocycles. The third-order valence-corrected chi connectivity index (χ3v) is 5.42. The molecule has 0 aliphatic rings. The summed E-state index contributed by atoms with van der Waals surface area (Å²) in [4.78, 5) is 20.3. The molecule has 4 nitrogen and oxygen atoms in total. The predicted octanol–water partition coefficient (Wildman–Crippen LogP) is 4.96. The highest BCUT2D eigenvalue weighted by Gasteiger charge is 2.21. The van der Waals surface area contributed by atoms with Crippen molar-refractivity contribution < 1.29 is 4.79 Å². The molecule has 0 bridgehead atoms. The molecular formula is C25H25N3O. The zero-order valence-corrected chi connectivity index (χ0v) is 16.6. The van der Waals surface area contributed by atoms with Gasteiger partial charge < -0.3 is 10.3 Å². The number of amides is 1. The second-order valence-electron chi connectivity index (χ2n) is 7.24. The van der Waals surface area contributed by atoms with Gasteiger partial charge in [-0.2, -0.15) is 0 Å². The zero-order chi connectivity index (χ0) is 20.1. The van der Waals surface area contributed by atoms with Gasteiger partial charge in [0.25, 0.3) is 0 Å². The summed E-state index contributed by atoms with van der Waals surface area (Å²) in [5.74, 6) is 0.0335. The number of aryl methyl sites for hydroxylation is 1. The van der Waals surface area contributed by atoms with Crippen molar-refractivity contribution in [3.8, 4) is 0 Å². The zero-order valence-electron chi connectivity index (χ0n) is 16.6. The van der Waals surface area contributed by atoms with E-state index in [2.05, 4.69) is 58.7 Å². The van der Waals surface area contributed by atoms with Gasteiger partial charge in [-0.15, -0.1) is 0 Å². The molecule has 2 aromatic carbocycles. The van der Waals surface area contributed by atoms with E-state index in [0.717, 1.165) is 17.5 Å². The van der Waals surface area contributed by atoms with Crippen LogP contribution in [0.1, 0.15) is 41.5 Å². The van der Waals surface area contributed by atoms with Crippen molar-refractivity contribution in [1.29, 1.82) is 0 Å². The maximum atomic E-state index is 12.8. The summed E-state index contributed by atoms with van der Waals surface area (Å²) in [7, 11) is 0. The Kier molecular flexibility index (Phi) is 5.71. The number of aromatic nitrogens is 2. The Bertz CT molecular complexity index is 1090. The number of hydrogen-bond donors (Lipinski definition) is 2. The van der Waals surface area contributed by atoms with E-state index in [-0.39, 0.29) is 11.8 Å². The Labute approximate surface area is 171 Å². The van der Waals surface area contributed by atoms with Gasteiger partial charge in [-0.1, -0.05) is 55.5 Å². The van der Waals surface area contributed by atoms with E-state index in [1.54, 1.807) is 12.4 Å². The van der Waals surface area contributed by atoms with Gasteiger partial charge in [0.15, 0.2) is 0 Å². The average Bonchev–Trinajstić information content (AvgIpc) is 3.21. The van der Waals surface area contributed by atoms with Crippen LogP contribution < -0.4 is 5.32 Å². The Morgan fingerprint density at radius 3 is 2.59 bits per heavy atom. The van der Waals surface area contributed by atoms with E-state index < -0.39 is 0 Å². The molecule has 0 aliphatic heterocycles. The Morgan fingerprint density at radius 1 is 1.03 bits per heavy atom. The standard InChI is InChI=1S/C25H25N3O/c1-2-19-9-6-10-21-23(17-28-25(19)21)22(20-7-4-3-5-8-20)15-24(29)27-16-18-11-13-26-14-12-18/h3-14,17,22,28H,2,15-16H2,1H3,(H,27,29). The predicted molar refractivity (Wildman–Crippen MR) is 117 cm³/mol. The number of nitrogens with zero attached hydrogens (tertiary/aromatic N) is 1. The molecule has 4 rings (SSSR count). The smallest absolute Gasteiger partial charge is 0.221 e. The van der Waals surface area contributed by atoms with E-state index in [1.165, 1.54) is 22.0 Å². The number of carbonyl (C=O) groups excluding carboxylic acids is 1. The minimum Gasteiger partial charge on any atom is -0.361 e. The first-order valence-corrected chi connectivity index (χ1v) is 10.1. The molecule has 146 valence electrons. The van der Waals surface area contributed by atoms with E-state index in [4.69, 9.17) is 0 Å². The number of carbonyl (C=O) groups is 1. The summed E-state index contributed by atoms with van der Waals surface area (Å²) >= 11 is 0. The lowest BCUT2D eigenvalue weighted by atomic mass is 9.87. The molecule has 2 N–H and O–H groups in total. The summed E-state index contributed by atoms with van der Waals surface area (Å²) in [6.45, 7) is 2.67. The largest absolute Gasteiger partial charge is 0.361 e. The first kappa shape index (κ1) is 18.9. The van der Waals surface area contributed by atoms with Crippen molar-refractivity contribution in [2.24, 2.45) is 0 Å². The van der Waals surface area contributed by atoms with Crippen LogP contribution in [-0.2, 0) is 17.8 Å². The molecule has 2 heterocycles. The molecule has 0 saturated heterocycles. The van der Waals surface area contributed by atoms with Gasteiger partial charge in [-0.3, -0.25) is 9.78 Å². The van der Waals surface area contributed by atoms with Crippen LogP contribution in [0.25, 0.3) is 10.9 Å². The maximum Gasteiger partial charge on any atom is 0.221 e. The van der Waals surface area contributed by atoms with Crippen LogP contribution in [0.4, 0.5) is 0 Å². The van der Waals surface area contributed by atoms with Crippen molar-refractivity contribution in [2.75, 3.05) is 0 Å². The average molecular weight is 383 g/mol. The number of nitrogens with one attached hydrogen (secondary N) is 2. The highest BCUT2D eigenvalue weighted by atomic mass is 16.1. The second kappa shape index (κ2) is 8.74. The number of para-hydroxylation sites is 1. The quantitative estimate of drug-likeness (QED) is 0.474. The fourth-order valence-corrected chi connectivity index (χ4v) is 3.87. The highest BCUT2D eigenvalue weighted by Crippen LogP contribution is 2.34. The number of aromatic amines is 1. The summed E-state index contributed by atoms with van der Waals surface area (Å²) in [5, 5.41) is 4.25. The minimum atomic E-state index is -0.00510. The van der Waals surface area contributed by atoms with E-state index in [1.807, 2.05) is 30.3 Å². The maximum absolute atomic E-state index is 12.8. The SMILES string of the molecule is CCc1cccc2c(C(CC(=O)NCc3ccncc3)c3ccccc3)c[nH]c12. The second-order valence-corrected chi connectivity index (χ2v) is 7.24. The number of fused-ring (bicyclic) bond motifs is 1. The van der Waals surface area contributed by atoms with E-state index >= 15 is 0 Å². The Morgan fingerprint density at radius 2 is 1.83 bits per heavy atom. The van der Waals surface area contributed by atoms with Gasteiger partial charge in [0, 0.05) is 48.4 Å². The summed E-state index contributed by atoms with van der Waals surface area (Å²) < 4.78 is 0. The first-order valence-electron chi connectivity index (χ1n) is 10.1. The fraction of sp³-hybridized carbons (Fsp3) is 0.200. The van der Waals surface area contributed by atoms with E-state index in [9.17, 15) is 4.79 Å². The topological polar surface area (TPSA) is 57.8 Å². The molecule has 0 fully saturated rings. The highest BCUT2D eigenvalue weighted by molar-refractivity contribution is 5.88. The Hall–Kier alpha value is -3.40. The van der Waals surface area contributed by atoms with Gasteiger partial charge in [0.2, 0.25) is 5.91 Å². The molecule has 0 spiro atoms. The molecule has 0 radical (unpaired) electrons. The molecule has 1 amide bonds. The van der Waals surface area contributed by atoms with Crippen molar-refractivity contribution in [3.63, 3.8) is 0 Å². The summed E-state index contributed by atoms with van der Waals surface area (Å²) in [6.07, 6.45) is 6.92. The lowest BCUT2D eigenvalue weighted by Crippen LogP contribution is -2.25. The van der Waals surface area contributed by atoms with Crippen LogP contribution in [0, 0.1) is 0 Å². The molecule has 2 aromatic heterocycles. The van der Waals surface area contributed by atoms with Crippen molar-refractivity contribution in [3.05, 3.63) is 102 Å². The monoisotopic (exact) mass is 383 g/mol. The van der Waals surface area contributed by atoms with Crippen LogP contribution in [0.5, 0.6) is 0 Å². The van der Waals surface area contributed by atoms with Crippen LogP contribution in [0.3, 0.4) is 0 Å². The van der Waals surface area contributed by atoms with Crippen LogP contribution in [0.2, 0.25) is 0 Å². The van der Waals surface area contributed by atoms with E-state index in [0.29, 0.717) is 13.0 Å².